The lowest BCUT2D eigenvalue weighted by molar-refractivity contribution is -0.0190. The van der Waals surface area contributed by atoms with Crippen LogP contribution in [-0.4, -0.2) is 28.9 Å². The minimum atomic E-state index is -0.444. The zero-order valence-electron chi connectivity index (χ0n) is 16.4. The number of benzene rings is 3. The lowest BCUT2D eigenvalue weighted by atomic mass is 9.95. The number of aromatic hydroxyl groups is 1. The van der Waals surface area contributed by atoms with E-state index in [2.05, 4.69) is 0 Å². The van der Waals surface area contributed by atoms with Gasteiger partial charge in [0.2, 0.25) is 6.23 Å². The highest BCUT2D eigenvalue weighted by Gasteiger charge is 2.41. The molecule has 3 aromatic rings. The number of phenolic OH excluding ortho intramolecular Hbond substituents is 1. The van der Waals surface area contributed by atoms with Gasteiger partial charge in [-0.15, -0.1) is 0 Å². The summed E-state index contributed by atoms with van der Waals surface area (Å²) in [4.78, 5) is 11.8. The summed E-state index contributed by atoms with van der Waals surface area (Å²) >= 11 is 0. The Morgan fingerprint density at radius 2 is 1.80 bits per heavy atom. The lowest BCUT2D eigenvalue weighted by Crippen LogP contribution is -2.33. The molecule has 0 saturated carbocycles. The second-order valence-corrected chi connectivity index (χ2v) is 7.29. The van der Waals surface area contributed by atoms with E-state index in [-0.39, 0.29) is 17.8 Å². The molecular formula is C24H20N2O4. The molecule has 0 bridgehead atoms. The van der Waals surface area contributed by atoms with E-state index in [0.717, 1.165) is 28.2 Å². The Balaban J connectivity index is 1.56. The van der Waals surface area contributed by atoms with E-state index in [1.54, 1.807) is 24.3 Å². The molecule has 2 atom stereocenters. The molecule has 0 saturated heterocycles. The van der Waals surface area contributed by atoms with Crippen molar-refractivity contribution >= 4 is 11.7 Å². The predicted molar refractivity (Wildman–Crippen MR) is 111 cm³/mol. The van der Waals surface area contributed by atoms with Crippen molar-refractivity contribution in [1.82, 2.24) is 5.01 Å². The summed E-state index contributed by atoms with van der Waals surface area (Å²) in [5.41, 5.74) is 3.96. The fourth-order valence-corrected chi connectivity index (χ4v) is 4.04. The van der Waals surface area contributed by atoms with Crippen molar-refractivity contribution < 1.29 is 19.4 Å². The van der Waals surface area contributed by atoms with Gasteiger partial charge >= 0.3 is 5.97 Å². The minimum Gasteiger partial charge on any atom is -0.507 e. The molecule has 2 aliphatic rings. The number of nitrogens with zero attached hydrogens (tertiary/aromatic N) is 2. The Kier molecular flexibility index (Phi) is 4.39. The SMILES string of the molecule is COC(=O)c1ccc([C@H]2Oc3ccccc3[C@@H]3CC(c4ccccc4O)=NN23)cc1. The van der Waals surface area contributed by atoms with Gasteiger partial charge in [0.1, 0.15) is 11.5 Å². The highest BCUT2D eigenvalue weighted by molar-refractivity contribution is 6.04. The van der Waals surface area contributed by atoms with Crippen LogP contribution in [0, 0.1) is 0 Å². The number of hydrogen-bond acceptors (Lipinski definition) is 6. The minimum absolute atomic E-state index is 0.00478. The second kappa shape index (κ2) is 7.22. The summed E-state index contributed by atoms with van der Waals surface area (Å²) in [6.07, 6.45) is 0.217. The van der Waals surface area contributed by atoms with Gasteiger partial charge in [-0.3, -0.25) is 0 Å². The third-order valence-corrected chi connectivity index (χ3v) is 5.53. The van der Waals surface area contributed by atoms with Crippen LogP contribution in [0.2, 0.25) is 0 Å². The number of esters is 1. The summed E-state index contributed by atoms with van der Waals surface area (Å²) in [6.45, 7) is 0. The van der Waals surface area contributed by atoms with Crippen LogP contribution < -0.4 is 4.74 Å². The molecule has 6 nitrogen and oxygen atoms in total. The average Bonchev–Trinajstić information content (AvgIpc) is 3.24. The van der Waals surface area contributed by atoms with E-state index >= 15 is 0 Å². The van der Waals surface area contributed by atoms with E-state index in [4.69, 9.17) is 14.6 Å². The summed E-state index contributed by atoms with van der Waals surface area (Å²) < 4.78 is 11.1. The number of rotatable bonds is 3. The smallest absolute Gasteiger partial charge is 0.337 e. The summed E-state index contributed by atoms with van der Waals surface area (Å²) in [5.74, 6) is 0.647. The molecular weight excluding hydrogens is 380 g/mol. The molecule has 0 aliphatic carbocycles. The zero-order valence-corrected chi connectivity index (χ0v) is 16.4. The number of methoxy groups -OCH3 is 1. The van der Waals surface area contributed by atoms with Gasteiger partial charge in [-0.2, -0.15) is 5.10 Å². The molecule has 0 amide bonds. The Bertz CT molecular complexity index is 1140. The molecule has 3 aromatic carbocycles. The maximum atomic E-state index is 11.8. The van der Waals surface area contributed by atoms with Gasteiger partial charge < -0.3 is 14.6 Å². The Morgan fingerprint density at radius 3 is 2.57 bits per heavy atom. The standard InChI is InChI=1S/C24H20N2O4/c1-29-24(28)16-12-10-15(11-13-16)23-26-20(18-7-3-5-9-22(18)30-23)14-19(25-26)17-6-2-4-8-21(17)27/h2-13,20,23,27H,14H2,1H3/t20-,23+/m0/s1. The van der Waals surface area contributed by atoms with Gasteiger partial charge in [-0.1, -0.05) is 42.5 Å². The van der Waals surface area contributed by atoms with E-state index in [9.17, 15) is 9.90 Å². The van der Waals surface area contributed by atoms with Gasteiger partial charge in [0.05, 0.1) is 24.4 Å². The molecule has 0 spiro atoms. The first-order valence-corrected chi connectivity index (χ1v) is 9.74. The summed E-state index contributed by atoms with van der Waals surface area (Å²) in [7, 11) is 1.36. The molecule has 150 valence electrons. The van der Waals surface area contributed by atoms with Crippen molar-refractivity contribution in [3.63, 3.8) is 0 Å². The number of fused-ring (bicyclic) bond motifs is 3. The number of hydrazone groups is 1. The van der Waals surface area contributed by atoms with E-state index in [0.29, 0.717) is 12.0 Å². The number of phenols is 1. The molecule has 1 N–H and O–H groups in total. The third-order valence-electron chi connectivity index (χ3n) is 5.53. The summed E-state index contributed by atoms with van der Waals surface area (Å²) in [5, 5.41) is 17.1. The van der Waals surface area contributed by atoms with Crippen molar-refractivity contribution in [2.45, 2.75) is 18.7 Å². The maximum Gasteiger partial charge on any atom is 0.337 e. The second-order valence-electron chi connectivity index (χ2n) is 7.29. The first-order chi connectivity index (χ1) is 14.7. The van der Waals surface area contributed by atoms with Crippen molar-refractivity contribution in [1.29, 1.82) is 0 Å². The molecule has 6 heteroatoms. The first kappa shape index (κ1) is 18.2. The molecule has 0 fully saturated rings. The quantitative estimate of drug-likeness (QED) is 0.659. The number of ether oxygens (including phenoxy) is 2. The Morgan fingerprint density at radius 1 is 1.07 bits per heavy atom. The van der Waals surface area contributed by atoms with Crippen LogP contribution in [-0.2, 0) is 4.74 Å². The average molecular weight is 400 g/mol. The third kappa shape index (κ3) is 2.97. The summed E-state index contributed by atoms with van der Waals surface area (Å²) in [6, 6.07) is 22.3. The fourth-order valence-electron chi connectivity index (χ4n) is 4.04. The van der Waals surface area contributed by atoms with Crippen LogP contribution in [0.5, 0.6) is 11.5 Å². The monoisotopic (exact) mass is 400 g/mol. The molecule has 2 heterocycles. The van der Waals surface area contributed by atoms with E-state index < -0.39 is 6.23 Å². The van der Waals surface area contributed by atoms with Crippen molar-refractivity contribution in [3.05, 3.63) is 95.1 Å². The fraction of sp³-hybridized carbons (Fsp3) is 0.167. The number of carbonyl (C=O) groups excluding carboxylic acids is 1. The van der Waals surface area contributed by atoms with Gasteiger partial charge in [-0.05, 0) is 30.3 Å². The molecule has 2 aliphatic heterocycles. The number of hydrogen-bond donors (Lipinski definition) is 1. The van der Waals surface area contributed by atoms with Crippen LogP contribution in [0.1, 0.15) is 45.7 Å². The molecule has 0 radical (unpaired) electrons. The van der Waals surface area contributed by atoms with Crippen LogP contribution in [0.25, 0.3) is 0 Å². The maximum absolute atomic E-state index is 11.8. The first-order valence-electron chi connectivity index (χ1n) is 9.74. The lowest BCUT2D eigenvalue weighted by Gasteiger charge is -2.38. The van der Waals surface area contributed by atoms with E-state index in [1.165, 1.54) is 7.11 Å². The van der Waals surface area contributed by atoms with E-state index in [1.807, 2.05) is 53.5 Å². The largest absolute Gasteiger partial charge is 0.507 e. The normalized spacial score (nSPS) is 19.4. The van der Waals surface area contributed by atoms with Crippen LogP contribution in [0.4, 0.5) is 0 Å². The Labute approximate surface area is 174 Å². The van der Waals surface area contributed by atoms with Crippen molar-refractivity contribution in [2.24, 2.45) is 5.10 Å². The van der Waals surface area contributed by atoms with Crippen molar-refractivity contribution in [3.8, 4) is 11.5 Å². The van der Waals surface area contributed by atoms with Gasteiger partial charge in [0, 0.05) is 23.1 Å². The van der Waals surface area contributed by atoms with Gasteiger partial charge in [0.25, 0.3) is 0 Å². The van der Waals surface area contributed by atoms with Crippen LogP contribution in [0.15, 0.2) is 77.9 Å². The van der Waals surface area contributed by atoms with Crippen LogP contribution in [0.3, 0.4) is 0 Å². The van der Waals surface area contributed by atoms with Crippen LogP contribution >= 0.6 is 0 Å². The molecule has 0 aromatic heterocycles. The molecule has 0 unspecified atom stereocenters. The zero-order chi connectivity index (χ0) is 20.7. The van der Waals surface area contributed by atoms with Gasteiger partial charge in [0.15, 0.2) is 0 Å². The van der Waals surface area contributed by atoms with Crippen molar-refractivity contribution in [2.75, 3.05) is 7.11 Å². The van der Waals surface area contributed by atoms with Gasteiger partial charge in [-0.25, -0.2) is 9.80 Å². The predicted octanol–water partition coefficient (Wildman–Crippen LogP) is 4.42. The molecule has 30 heavy (non-hydrogen) atoms. The molecule has 5 rings (SSSR count). The number of carbonyl (C=O) groups is 1. The highest BCUT2D eigenvalue weighted by Crippen LogP contribution is 2.47. The number of para-hydroxylation sites is 2. The highest BCUT2D eigenvalue weighted by atomic mass is 16.5. The Hall–Kier alpha value is -3.80. The topological polar surface area (TPSA) is 71.4 Å².